The van der Waals surface area contributed by atoms with E-state index in [1.807, 2.05) is 36.4 Å². The van der Waals surface area contributed by atoms with Gasteiger partial charge in [-0.25, -0.2) is 0 Å². The third kappa shape index (κ3) is 5.98. The van der Waals surface area contributed by atoms with Gasteiger partial charge in [-0.3, -0.25) is 4.79 Å². The lowest BCUT2D eigenvalue weighted by Crippen LogP contribution is -2.15. The van der Waals surface area contributed by atoms with Gasteiger partial charge in [0.1, 0.15) is 5.75 Å². The molecule has 1 amide bonds. The lowest BCUT2D eigenvalue weighted by molar-refractivity contribution is -0.113. The molecule has 1 aromatic heterocycles. The van der Waals surface area contributed by atoms with Crippen LogP contribution in [0.4, 0.5) is 5.69 Å². The third-order valence-electron chi connectivity index (χ3n) is 4.34. The number of carbonyl (C=O) groups is 1. The van der Waals surface area contributed by atoms with Gasteiger partial charge in [-0.05, 0) is 36.1 Å². The normalized spacial score (nSPS) is 11.8. The average Bonchev–Trinajstić information content (AvgIpc) is 3.19. The summed E-state index contributed by atoms with van der Waals surface area (Å²) in [7, 11) is 0. The Morgan fingerprint density at radius 2 is 1.97 bits per heavy atom. The number of carbonyl (C=O) groups excluding carboxylic acids is 1. The first-order chi connectivity index (χ1) is 14.1. The van der Waals surface area contributed by atoms with E-state index in [9.17, 15) is 4.79 Å². The second kappa shape index (κ2) is 10.3. The molecule has 0 bridgehead atoms. The fourth-order valence-electron chi connectivity index (χ4n) is 2.63. The smallest absolute Gasteiger partial charge is 0.277 e. The summed E-state index contributed by atoms with van der Waals surface area (Å²) >= 11 is 7.23. The Kier molecular flexibility index (Phi) is 7.55. The molecule has 1 atom stereocenters. The van der Waals surface area contributed by atoms with E-state index < -0.39 is 0 Å². The summed E-state index contributed by atoms with van der Waals surface area (Å²) in [6, 6.07) is 15.0. The van der Waals surface area contributed by atoms with Crippen molar-refractivity contribution in [1.82, 2.24) is 10.2 Å². The molecule has 6 nitrogen and oxygen atoms in total. The zero-order valence-electron chi connectivity index (χ0n) is 16.2. The highest BCUT2D eigenvalue weighted by molar-refractivity contribution is 7.99. The van der Waals surface area contributed by atoms with Crippen molar-refractivity contribution in [2.45, 2.75) is 38.0 Å². The van der Waals surface area contributed by atoms with E-state index in [0.717, 1.165) is 17.7 Å². The van der Waals surface area contributed by atoms with E-state index in [2.05, 4.69) is 29.4 Å². The number of amides is 1. The molecule has 29 heavy (non-hydrogen) atoms. The van der Waals surface area contributed by atoms with E-state index >= 15 is 0 Å². The van der Waals surface area contributed by atoms with Gasteiger partial charge in [-0.1, -0.05) is 67.5 Å². The highest BCUT2D eigenvalue weighted by atomic mass is 35.5. The molecular formula is C21H22ClN3O3S. The van der Waals surface area contributed by atoms with Crippen LogP contribution in [0.3, 0.4) is 0 Å². The van der Waals surface area contributed by atoms with Crippen LogP contribution < -0.4 is 10.1 Å². The summed E-state index contributed by atoms with van der Waals surface area (Å²) in [5, 5.41) is 11.7. The van der Waals surface area contributed by atoms with Crippen LogP contribution in [0.1, 0.15) is 37.6 Å². The second-order valence-electron chi connectivity index (χ2n) is 6.41. The van der Waals surface area contributed by atoms with E-state index in [1.54, 1.807) is 12.1 Å². The predicted molar refractivity (Wildman–Crippen MR) is 115 cm³/mol. The Morgan fingerprint density at radius 3 is 2.76 bits per heavy atom. The second-order valence-corrected chi connectivity index (χ2v) is 7.75. The number of hydrogen-bond acceptors (Lipinski definition) is 6. The molecular weight excluding hydrogens is 410 g/mol. The largest absolute Gasteiger partial charge is 0.482 e. The molecule has 152 valence electrons. The maximum atomic E-state index is 12.3. The monoisotopic (exact) mass is 431 g/mol. The van der Waals surface area contributed by atoms with Gasteiger partial charge in [0.05, 0.1) is 10.8 Å². The molecule has 0 spiro atoms. The van der Waals surface area contributed by atoms with E-state index in [-0.39, 0.29) is 18.3 Å². The zero-order valence-corrected chi connectivity index (χ0v) is 17.8. The van der Waals surface area contributed by atoms with Gasteiger partial charge in [0.25, 0.3) is 11.1 Å². The number of rotatable bonds is 9. The Morgan fingerprint density at radius 1 is 1.21 bits per heavy atom. The molecule has 3 rings (SSSR count). The summed E-state index contributed by atoms with van der Waals surface area (Å²) < 4.78 is 11.1. The number of nitrogens with one attached hydrogen (secondary N) is 1. The summed E-state index contributed by atoms with van der Waals surface area (Å²) in [6.07, 6.45) is 1.00. The molecule has 8 heteroatoms. The minimum atomic E-state index is -0.127. The Bertz CT molecular complexity index is 964. The van der Waals surface area contributed by atoms with Crippen LogP contribution in [-0.4, -0.2) is 21.9 Å². The van der Waals surface area contributed by atoms with Crippen molar-refractivity contribution >= 4 is 35.0 Å². The first kappa shape index (κ1) is 21.2. The number of nitrogens with zero attached hydrogens (tertiary/aromatic N) is 2. The van der Waals surface area contributed by atoms with Gasteiger partial charge >= 0.3 is 0 Å². The molecule has 0 radical (unpaired) electrons. The van der Waals surface area contributed by atoms with Crippen LogP contribution in [0.25, 0.3) is 0 Å². The fourth-order valence-corrected chi connectivity index (χ4v) is 3.40. The molecule has 0 aliphatic carbocycles. The molecule has 3 aromatic rings. The Balaban J connectivity index is 1.51. The zero-order chi connectivity index (χ0) is 20.6. The summed E-state index contributed by atoms with van der Waals surface area (Å²) in [4.78, 5) is 12.3. The summed E-state index contributed by atoms with van der Waals surface area (Å²) in [5.41, 5.74) is 1.97. The van der Waals surface area contributed by atoms with Crippen LogP contribution in [-0.2, 0) is 11.4 Å². The molecule has 0 fully saturated rings. The number of anilines is 1. The number of hydrogen-bond donors (Lipinski definition) is 1. The molecule has 0 aliphatic rings. The van der Waals surface area contributed by atoms with Crippen molar-refractivity contribution in [1.29, 1.82) is 0 Å². The van der Waals surface area contributed by atoms with Crippen LogP contribution in [0.2, 0.25) is 5.02 Å². The first-order valence-electron chi connectivity index (χ1n) is 9.28. The maximum absolute atomic E-state index is 12.3. The topological polar surface area (TPSA) is 77.2 Å². The number of ether oxygens (including phenoxy) is 1. The maximum Gasteiger partial charge on any atom is 0.277 e. The molecule has 0 unspecified atom stereocenters. The third-order valence-corrected chi connectivity index (χ3v) is 5.47. The van der Waals surface area contributed by atoms with Crippen molar-refractivity contribution in [2.75, 3.05) is 11.1 Å². The van der Waals surface area contributed by atoms with Crippen molar-refractivity contribution in [3.63, 3.8) is 0 Å². The standard InChI is InChI=1S/C21H22ClN3O3S/c1-3-14(2)15-8-4-6-10-17(15)23-19(26)13-29-21-25-24-20(28-21)12-27-18-11-7-5-9-16(18)22/h4-11,14H,3,12-13H2,1-2H3,(H,23,26)/t14-/m1/s1. The lowest BCUT2D eigenvalue weighted by atomic mass is 9.97. The van der Waals surface area contributed by atoms with Gasteiger partial charge in [-0.2, -0.15) is 0 Å². The van der Waals surface area contributed by atoms with Gasteiger partial charge in [0.15, 0.2) is 6.61 Å². The molecule has 2 aromatic carbocycles. The van der Waals surface area contributed by atoms with Crippen LogP contribution in [0.5, 0.6) is 5.75 Å². The summed E-state index contributed by atoms with van der Waals surface area (Å²) in [6.45, 7) is 4.37. The highest BCUT2D eigenvalue weighted by Gasteiger charge is 2.14. The number of benzene rings is 2. The van der Waals surface area contributed by atoms with Crippen LogP contribution in [0.15, 0.2) is 58.2 Å². The van der Waals surface area contributed by atoms with Gasteiger partial charge in [-0.15, -0.1) is 10.2 Å². The SMILES string of the molecule is CC[C@@H](C)c1ccccc1NC(=O)CSc1nnc(COc2ccccc2Cl)o1. The molecule has 1 N–H and O–H groups in total. The van der Waals surface area contributed by atoms with E-state index in [4.69, 9.17) is 20.8 Å². The summed E-state index contributed by atoms with van der Waals surface area (Å²) in [5.74, 6) is 1.27. The fraction of sp³-hybridized carbons (Fsp3) is 0.286. The highest BCUT2D eigenvalue weighted by Crippen LogP contribution is 2.27. The van der Waals surface area contributed by atoms with E-state index in [0.29, 0.717) is 27.8 Å². The predicted octanol–water partition coefficient (Wildman–Crippen LogP) is 5.55. The minimum absolute atomic E-state index is 0.103. The first-order valence-corrected chi connectivity index (χ1v) is 10.6. The molecule has 0 aliphatic heterocycles. The number of aromatic nitrogens is 2. The Hall–Kier alpha value is -2.51. The molecule has 1 heterocycles. The van der Waals surface area contributed by atoms with Crippen LogP contribution in [0, 0.1) is 0 Å². The van der Waals surface area contributed by atoms with Crippen molar-refractivity contribution in [3.8, 4) is 5.75 Å². The van der Waals surface area contributed by atoms with Crippen molar-refractivity contribution in [2.24, 2.45) is 0 Å². The minimum Gasteiger partial charge on any atom is -0.482 e. The van der Waals surface area contributed by atoms with Gasteiger partial charge in [0, 0.05) is 5.69 Å². The number of halogens is 1. The number of thioether (sulfide) groups is 1. The molecule has 0 saturated carbocycles. The quantitative estimate of drug-likeness (QED) is 0.448. The van der Waals surface area contributed by atoms with Crippen molar-refractivity contribution < 1.29 is 13.9 Å². The van der Waals surface area contributed by atoms with Crippen molar-refractivity contribution in [3.05, 3.63) is 65.0 Å². The Labute approximate surface area is 179 Å². The van der Waals surface area contributed by atoms with Gasteiger partial charge in [0.2, 0.25) is 5.91 Å². The number of para-hydroxylation sites is 2. The average molecular weight is 432 g/mol. The lowest BCUT2D eigenvalue weighted by Gasteiger charge is -2.15. The molecule has 0 saturated heterocycles. The van der Waals surface area contributed by atoms with Gasteiger partial charge < -0.3 is 14.5 Å². The van der Waals surface area contributed by atoms with Crippen LogP contribution >= 0.6 is 23.4 Å². The van der Waals surface area contributed by atoms with E-state index in [1.165, 1.54) is 11.8 Å².